The molecule has 1 N–H and O–H groups in total. The molecule has 3 nitrogen and oxygen atoms in total. The monoisotopic (exact) mass is 234 g/mol. The van der Waals surface area contributed by atoms with Gasteiger partial charge in [-0.15, -0.1) is 0 Å². The van der Waals surface area contributed by atoms with E-state index in [1.807, 2.05) is 26.8 Å². The number of hydrogen-bond donors (Lipinski definition) is 1. The predicted octanol–water partition coefficient (Wildman–Crippen LogP) is 3.12. The number of carbonyl (C=O) groups is 1. The highest BCUT2D eigenvalue weighted by Crippen LogP contribution is 2.36. The van der Waals surface area contributed by atoms with E-state index in [0.717, 1.165) is 0 Å². The van der Waals surface area contributed by atoms with Crippen LogP contribution in [0.1, 0.15) is 20.8 Å². The van der Waals surface area contributed by atoms with Gasteiger partial charge in [-0.1, -0.05) is 45.5 Å². The number of aliphatic carboxylic acids is 1. The maximum Gasteiger partial charge on any atom is 0.352 e. The van der Waals surface area contributed by atoms with Crippen molar-refractivity contribution >= 4 is 5.97 Å². The third kappa shape index (κ3) is 2.49. The van der Waals surface area contributed by atoms with Gasteiger partial charge < -0.3 is 9.84 Å². The van der Waals surface area contributed by atoms with Crippen LogP contribution in [0.2, 0.25) is 0 Å². The van der Waals surface area contributed by atoms with Crippen LogP contribution >= 0.6 is 0 Å². The molecule has 1 aromatic carbocycles. The van der Waals surface area contributed by atoms with Crippen molar-refractivity contribution in [3.8, 4) is 5.75 Å². The van der Waals surface area contributed by atoms with Crippen molar-refractivity contribution < 1.29 is 14.6 Å². The van der Waals surface area contributed by atoms with E-state index >= 15 is 0 Å². The van der Waals surface area contributed by atoms with Gasteiger partial charge in [0.1, 0.15) is 5.75 Å². The van der Waals surface area contributed by atoms with Gasteiger partial charge in [-0.2, -0.15) is 0 Å². The first-order chi connectivity index (χ1) is 7.83. The van der Waals surface area contributed by atoms with Crippen LogP contribution in [0.15, 0.2) is 43.0 Å². The third-order valence-electron chi connectivity index (χ3n) is 2.74. The second kappa shape index (κ2) is 4.62. The molecule has 0 fully saturated rings. The van der Waals surface area contributed by atoms with Crippen molar-refractivity contribution in [3.05, 3.63) is 43.0 Å². The van der Waals surface area contributed by atoms with Gasteiger partial charge in [0.2, 0.25) is 5.60 Å². The molecule has 1 aromatic rings. The first-order valence-corrected chi connectivity index (χ1v) is 5.44. The smallest absolute Gasteiger partial charge is 0.352 e. The number of ether oxygens (including phenoxy) is 1. The van der Waals surface area contributed by atoms with E-state index in [1.165, 1.54) is 6.08 Å². The van der Waals surface area contributed by atoms with Crippen molar-refractivity contribution in [1.29, 1.82) is 0 Å². The summed E-state index contributed by atoms with van der Waals surface area (Å²) in [5.74, 6) is -0.520. The van der Waals surface area contributed by atoms with Crippen LogP contribution in [-0.4, -0.2) is 16.7 Å². The molecular formula is C14H18O3. The molecule has 17 heavy (non-hydrogen) atoms. The maximum absolute atomic E-state index is 11.5. The molecule has 3 heteroatoms. The lowest BCUT2D eigenvalue weighted by molar-refractivity contribution is -0.159. The van der Waals surface area contributed by atoms with Crippen molar-refractivity contribution in [2.45, 2.75) is 26.4 Å². The van der Waals surface area contributed by atoms with Gasteiger partial charge in [-0.25, -0.2) is 4.79 Å². The van der Waals surface area contributed by atoms with Crippen LogP contribution in [0.25, 0.3) is 0 Å². The first-order valence-electron chi connectivity index (χ1n) is 5.44. The number of carboxylic acids is 1. The molecule has 0 bridgehead atoms. The van der Waals surface area contributed by atoms with E-state index in [4.69, 9.17) is 4.74 Å². The van der Waals surface area contributed by atoms with E-state index in [2.05, 4.69) is 6.58 Å². The van der Waals surface area contributed by atoms with E-state index in [9.17, 15) is 9.90 Å². The van der Waals surface area contributed by atoms with E-state index in [-0.39, 0.29) is 0 Å². The molecule has 92 valence electrons. The highest BCUT2D eigenvalue weighted by molar-refractivity contribution is 5.81. The Kier molecular flexibility index (Phi) is 3.61. The highest BCUT2D eigenvalue weighted by atomic mass is 16.5. The molecule has 0 spiro atoms. The topological polar surface area (TPSA) is 46.5 Å². The van der Waals surface area contributed by atoms with Crippen LogP contribution < -0.4 is 4.74 Å². The van der Waals surface area contributed by atoms with Gasteiger partial charge in [0.15, 0.2) is 0 Å². The molecule has 0 aliphatic heterocycles. The largest absolute Gasteiger partial charge is 0.478 e. The Balaban J connectivity index is 3.17. The fraction of sp³-hybridized carbons (Fsp3) is 0.357. The average molecular weight is 234 g/mol. The minimum absolute atomic E-state index is 0.518. The van der Waals surface area contributed by atoms with Crippen molar-refractivity contribution in [3.63, 3.8) is 0 Å². The molecule has 0 radical (unpaired) electrons. The minimum atomic E-state index is -1.44. The molecule has 0 saturated heterocycles. The lowest BCUT2D eigenvalue weighted by Crippen LogP contribution is -2.53. The van der Waals surface area contributed by atoms with Gasteiger partial charge in [-0.05, 0) is 18.2 Å². The zero-order chi connectivity index (χ0) is 13.1. The van der Waals surface area contributed by atoms with Crippen LogP contribution in [0.4, 0.5) is 0 Å². The summed E-state index contributed by atoms with van der Waals surface area (Å²) in [6.07, 6.45) is 1.35. The van der Waals surface area contributed by atoms with E-state index < -0.39 is 17.0 Å². The summed E-state index contributed by atoms with van der Waals surface area (Å²) in [7, 11) is 0. The summed E-state index contributed by atoms with van der Waals surface area (Å²) in [6.45, 7) is 9.04. The lowest BCUT2D eigenvalue weighted by Gasteiger charge is -2.38. The van der Waals surface area contributed by atoms with Crippen LogP contribution in [0.5, 0.6) is 5.75 Å². The molecule has 0 saturated carbocycles. The molecular weight excluding hydrogens is 216 g/mol. The van der Waals surface area contributed by atoms with Gasteiger partial charge in [-0.3, -0.25) is 0 Å². The van der Waals surface area contributed by atoms with Crippen LogP contribution in [0.3, 0.4) is 0 Å². The Bertz CT molecular complexity index is 403. The summed E-state index contributed by atoms with van der Waals surface area (Å²) in [5.41, 5.74) is -2.04. The second-order valence-electron chi connectivity index (χ2n) is 4.91. The van der Waals surface area contributed by atoms with Gasteiger partial charge in [0.25, 0.3) is 0 Å². The van der Waals surface area contributed by atoms with Gasteiger partial charge in [0.05, 0.1) is 0 Å². The summed E-state index contributed by atoms with van der Waals surface area (Å²) in [5, 5.41) is 9.42. The fourth-order valence-electron chi connectivity index (χ4n) is 1.63. The normalized spacial score (nSPS) is 14.8. The Morgan fingerprint density at radius 2 is 1.82 bits per heavy atom. The summed E-state index contributed by atoms with van der Waals surface area (Å²) < 4.78 is 5.66. The molecule has 0 aromatic heterocycles. The number of hydrogen-bond acceptors (Lipinski definition) is 2. The molecule has 0 heterocycles. The first kappa shape index (κ1) is 13.3. The Labute approximate surface area is 102 Å². The summed E-state index contributed by atoms with van der Waals surface area (Å²) >= 11 is 0. The number of benzene rings is 1. The Morgan fingerprint density at radius 1 is 1.29 bits per heavy atom. The van der Waals surface area contributed by atoms with Crippen LogP contribution in [-0.2, 0) is 4.79 Å². The van der Waals surface area contributed by atoms with Crippen molar-refractivity contribution in [2.75, 3.05) is 0 Å². The number of para-hydroxylation sites is 1. The van der Waals surface area contributed by atoms with Gasteiger partial charge >= 0.3 is 5.97 Å². The number of rotatable bonds is 4. The predicted molar refractivity (Wildman–Crippen MR) is 67.1 cm³/mol. The van der Waals surface area contributed by atoms with Crippen molar-refractivity contribution in [2.24, 2.45) is 5.41 Å². The number of carboxylic acid groups (broad SMARTS) is 1. The second-order valence-corrected chi connectivity index (χ2v) is 4.91. The fourth-order valence-corrected chi connectivity index (χ4v) is 1.63. The molecule has 0 amide bonds. The quantitative estimate of drug-likeness (QED) is 0.814. The highest BCUT2D eigenvalue weighted by Gasteiger charge is 2.49. The minimum Gasteiger partial charge on any atom is -0.478 e. The lowest BCUT2D eigenvalue weighted by atomic mass is 9.76. The van der Waals surface area contributed by atoms with Crippen molar-refractivity contribution in [1.82, 2.24) is 0 Å². The zero-order valence-corrected chi connectivity index (χ0v) is 10.4. The van der Waals surface area contributed by atoms with E-state index in [1.54, 1.807) is 24.3 Å². The molecule has 1 unspecified atom stereocenters. The van der Waals surface area contributed by atoms with Crippen LogP contribution in [0, 0.1) is 5.41 Å². The third-order valence-corrected chi connectivity index (χ3v) is 2.74. The SMILES string of the molecule is C=CC(Oc1ccccc1)(C(=O)O)C(C)(C)C. The van der Waals surface area contributed by atoms with E-state index in [0.29, 0.717) is 5.75 Å². The summed E-state index contributed by atoms with van der Waals surface area (Å²) in [6, 6.07) is 8.90. The Morgan fingerprint density at radius 3 is 2.18 bits per heavy atom. The standard InChI is InChI=1S/C14H18O3/c1-5-14(12(15)16,13(2,3)4)17-11-9-7-6-8-10-11/h5-10H,1H2,2-4H3,(H,15,16). The average Bonchev–Trinajstić information content (AvgIpc) is 2.25. The molecule has 1 atom stereocenters. The molecule has 1 rings (SSSR count). The van der Waals surface area contributed by atoms with Gasteiger partial charge in [0, 0.05) is 5.41 Å². The summed E-state index contributed by atoms with van der Waals surface area (Å²) in [4.78, 5) is 11.5. The molecule has 0 aliphatic rings. The zero-order valence-electron chi connectivity index (χ0n) is 10.4. The maximum atomic E-state index is 11.5. The Hall–Kier alpha value is -1.77. The molecule has 0 aliphatic carbocycles.